The van der Waals surface area contributed by atoms with E-state index in [0.29, 0.717) is 23.2 Å². The molecular formula is C19H23N5OS. The van der Waals surface area contributed by atoms with Crippen molar-refractivity contribution in [2.75, 3.05) is 5.75 Å². The lowest BCUT2D eigenvalue weighted by Crippen LogP contribution is -2.37. The van der Waals surface area contributed by atoms with Gasteiger partial charge in [0.15, 0.2) is 5.16 Å². The van der Waals surface area contributed by atoms with E-state index >= 15 is 0 Å². The highest BCUT2D eigenvalue weighted by Gasteiger charge is 2.19. The molecule has 0 radical (unpaired) electrons. The third-order valence-electron chi connectivity index (χ3n) is 4.13. The van der Waals surface area contributed by atoms with Crippen molar-refractivity contribution in [3.63, 3.8) is 0 Å². The fourth-order valence-electron chi connectivity index (χ4n) is 2.84. The van der Waals surface area contributed by atoms with Gasteiger partial charge in [-0.3, -0.25) is 9.20 Å². The Labute approximate surface area is 157 Å². The Morgan fingerprint density at radius 2 is 1.92 bits per heavy atom. The second-order valence-electron chi connectivity index (χ2n) is 6.55. The molecule has 0 N–H and O–H groups in total. The van der Waals surface area contributed by atoms with Gasteiger partial charge in [0, 0.05) is 24.0 Å². The van der Waals surface area contributed by atoms with Gasteiger partial charge in [-0.25, -0.2) is 4.98 Å². The number of carbonyl (C=O) groups excluding carboxylic acids is 1. The lowest BCUT2D eigenvalue weighted by Gasteiger charge is -2.26. The predicted molar refractivity (Wildman–Crippen MR) is 103 cm³/mol. The molecule has 0 saturated carbocycles. The summed E-state index contributed by atoms with van der Waals surface area (Å²) in [4.78, 5) is 19.1. The molecule has 0 unspecified atom stereocenters. The number of aryl methyl sites for hydroxylation is 2. The molecule has 1 aromatic carbocycles. The fourth-order valence-corrected chi connectivity index (χ4v) is 3.71. The highest BCUT2D eigenvalue weighted by atomic mass is 32.2. The molecule has 0 spiro atoms. The molecule has 2 aromatic heterocycles. The standard InChI is InChI=1S/C19H23N5OS/c1-13(2)23(11-16-8-6-5-7-9-16)17(25)12-26-19-22-21-18-20-14(3)10-15(4)24(18)19/h5-10,13H,11-12H2,1-4H3. The topological polar surface area (TPSA) is 63.4 Å². The van der Waals surface area contributed by atoms with Crippen molar-refractivity contribution in [3.8, 4) is 0 Å². The van der Waals surface area contributed by atoms with Crippen LogP contribution >= 0.6 is 11.8 Å². The van der Waals surface area contributed by atoms with Crippen LogP contribution in [0, 0.1) is 13.8 Å². The first-order valence-corrected chi connectivity index (χ1v) is 9.60. The van der Waals surface area contributed by atoms with E-state index in [2.05, 4.69) is 15.2 Å². The van der Waals surface area contributed by atoms with Crippen LogP contribution in [-0.2, 0) is 11.3 Å². The Kier molecular flexibility index (Phi) is 5.56. The second kappa shape index (κ2) is 7.86. The average molecular weight is 369 g/mol. The van der Waals surface area contributed by atoms with Crippen molar-refractivity contribution in [2.45, 2.75) is 45.4 Å². The first-order valence-electron chi connectivity index (χ1n) is 8.61. The van der Waals surface area contributed by atoms with Crippen LogP contribution in [-0.4, -0.2) is 42.2 Å². The van der Waals surface area contributed by atoms with Gasteiger partial charge in [-0.1, -0.05) is 42.1 Å². The van der Waals surface area contributed by atoms with Crippen molar-refractivity contribution in [3.05, 3.63) is 53.3 Å². The van der Waals surface area contributed by atoms with E-state index in [0.717, 1.165) is 17.0 Å². The fraction of sp³-hybridized carbons (Fsp3) is 0.368. The third-order valence-corrected chi connectivity index (χ3v) is 5.04. The average Bonchev–Trinajstić information content (AvgIpc) is 3.01. The molecule has 0 aliphatic carbocycles. The van der Waals surface area contributed by atoms with Crippen LogP contribution in [0.15, 0.2) is 41.6 Å². The zero-order chi connectivity index (χ0) is 18.7. The van der Waals surface area contributed by atoms with Gasteiger partial charge < -0.3 is 4.90 Å². The van der Waals surface area contributed by atoms with Gasteiger partial charge in [0.05, 0.1) is 5.75 Å². The molecule has 26 heavy (non-hydrogen) atoms. The van der Waals surface area contributed by atoms with Crippen LogP contribution < -0.4 is 0 Å². The molecule has 3 aromatic rings. The van der Waals surface area contributed by atoms with Gasteiger partial charge in [0.1, 0.15) is 0 Å². The lowest BCUT2D eigenvalue weighted by molar-refractivity contribution is -0.130. The molecule has 0 fully saturated rings. The first-order chi connectivity index (χ1) is 12.5. The summed E-state index contributed by atoms with van der Waals surface area (Å²) >= 11 is 1.40. The van der Waals surface area contributed by atoms with E-state index in [4.69, 9.17) is 0 Å². The molecule has 136 valence electrons. The van der Waals surface area contributed by atoms with Gasteiger partial charge in [-0.2, -0.15) is 0 Å². The number of hydrogen-bond acceptors (Lipinski definition) is 5. The number of hydrogen-bond donors (Lipinski definition) is 0. The van der Waals surface area contributed by atoms with E-state index < -0.39 is 0 Å². The number of amides is 1. The second-order valence-corrected chi connectivity index (χ2v) is 7.49. The third kappa shape index (κ3) is 4.04. The summed E-state index contributed by atoms with van der Waals surface area (Å²) in [6.07, 6.45) is 0. The van der Waals surface area contributed by atoms with Crippen LogP contribution in [0.4, 0.5) is 0 Å². The minimum atomic E-state index is 0.0864. The quantitative estimate of drug-likeness (QED) is 0.624. The summed E-state index contributed by atoms with van der Waals surface area (Å²) in [6, 6.07) is 12.2. The highest BCUT2D eigenvalue weighted by Crippen LogP contribution is 2.20. The summed E-state index contributed by atoms with van der Waals surface area (Å²) in [6.45, 7) is 8.61. The van der Waals surface area contributed by atoms with Crippen LogP contribution in [0.25, 0.3) is 5.78 Å². The molecule has 0 aliphatic rings. The van der Waals surface area contributed by atoms with Gasteiger partial charge in [0.25, 0.3) is 5.78 Å². The Morgan fingerprint density at radius 3 is 2.62 bits per heavy atom. The number of fused-ring (bicyclic) bond motifs is 1. The molecule has 3 rings (SSSR count). The van der Waals surface area contributed by atoms with Gasteiger partial charge in [0.2, 0.25) is 5.91 Å². The molecule has 0 saturated heterocycles. The van der Waals surface area contributed by atoms with E-state index in [1.54, 1.807) is 0 Å². The van der Waals surface area contributed by atoms with Crippen molar-refractivity contribution in [1.82, 2.24) is 24.5 Å². The molecule has 0 aliphatic heterocycles. The Bertz CT molecular complexity index is 907. The predicted octanol–water partition coefficient (Wildman–Crippen LogP) is 3.27. The van der Waals surface area contributed by atoms with E-state index in [1.807, 2.05) is 73.4 Å². The van der Waals surface area contributed by atoms with E-state index in [-0.39, 0.29) is 11.9 Å². The van der Waals surface area contributed by atoms with Crippen molar-refractivity contribution in [1.29, 1.82) is 0 Å². The SMILES string of the molecule is Cc1cc(C)n2c(SCC(=O)N(Cc3ccccc3)C(C)C)nnc2n1. The van der Waals surface area contributed by atoms with E-state index in [1.165, 1.54) is 11.8 Å². The summed E-state index contributed by atoms with van der Waals surface area (Å²) in [5, 5.41) is 9.02. The molecule has 1 amide bonds. The van der Waals surface area contributed by atoms with Crippen molar-refractivity contribution >= 4 is 23.4 Å². The summed E-state index contributed by atoms with van der Waals surface area (Å²) in [7, 11) is 0. The maximum absolute atomic E-state index is 12.8. The molecule has 7 heteroatoms. The van der Waals surface area contributed by atoms with Crippen LogP contribution in [0.5, 0.6) is 0 Å². The zero-order valence-electron chi connectivity index (χ0n) is 15.5. The number of aromatic nitrogens is 4. The zero-order valence-corrected chi connectivity index (χ0v) is 16.3. The largest absolute Gasteiger partial charge is 0.335 e. The molecule has 2 heterocycles. The minimum absolute atomic E-state index is 0.0864. The summed E-state index contributed by atoms with van der Waals surface area (Å²) in [5.74, 6) is 0.977. The molecular weight excluding hydrogens is 346 g/mol. The molecule has 6 nitrogen and oxygen atoms in total. The molecule has 0 atom stereocenters. The number of benzene rings is 1. The first kappa shape index (κ1) is 18.4. The van der Waals surface area contributed by atoms with E-state index in [9.17, 15) is 4.79 Å². The Hall–Kier alpha value is -2.41. The van der Waals surface area contributed by atoms with Gasteiger partial charge >= 0.3 is 0 Å². The maximum atomic E-state index is 12.8. The minimum Gasteiger partial charge on any atom is -0.335 e. The summed E-state index contributed by atoms with van der Waals surface area (Å²) in [5.41, 5.74) is 3.05. The van der Waals surface area contributed by atoms with Crippen LogP contribution in [0.1, 0.15) is 30.8 Å². The molecule has 0 bridgehead atoms. The van der Waals surface area contributed by atoms with Gasteiger partial charge in [-0.05, 0) is 39.3 Å². The number of thioether (sulfide) groups is 1. The summed E-state index contributed by atoms with van der Waals surface area (Å²) < 4.78 is 1.89. The monoisotopic (exact) mass is 369 g/mol. The maximum Gasteiger partial charge on any atom is 0.256 e. The lowest BCUT2D eigenvalue weighted by atomic mass is 10.2. The van der Waals surface area contributed by atoms with Crippen molar-refractivity contribution < 1.29 is 4.79 Å². The number of rotatable bonds is 6. The Morgan fingerprint density at radius 1 is 1.19 bits per heavy atom. The van der Waals surface area contributed by atoms with Crippen LogP contribution in [0.2, 0.25) is 0 Å². The smallest absolute Gasteiger partial charge is 0.256 e. The normalized spacial score (nSPS) is 11.3. The van der Waals surface area contributed by atoms with Crippen LogP contribution in [0.3, 0.4) is 0 Å². The Balaban J connectivity index is 1.72. The van der Waals surface area contributed by atoms with Crippen molar-refractivity contribution in [2.24, 2.45) is 0 Å². The highest BCUT2D eigenvalue weighted by molar-refractivity contribution is 7.99. The number of nitrogens with zero attached hydrogens (tertiary/aromatic N) is 5. The number of carbonyl (C=O) groups is 1. The van der Waals surface area contributed by atoms with Gasteiger partial charge in [-0.15, -0.1) is 10.2 Å².